The average molecular weight is 324 g/mol. The van der Waals surface area contributed by atoms with Crippen LogP contribution in [0.1, 0.15) is 50.5 Å². The maximum atomic E-state index is 13.3. The van der Waals surface area contributed by atoms with Gasteiger partial charge in [-0.1, -0.05) is 30.3 Å². The molecule has 2 unspecified atom stereocenters. The molecule has 0 aromatic heterocycles. The second kappa shape index (κ2) is 5.32. The number of benzene rings is 1. The largest absolute Gasteiger partial charge is 0.352 e. The van der Waals surface area contributed by atoms with E-state index in [0.29, 0.717) is 11.9 Å². The van der Waals surface area contributed by atoms with Gasteiger partial charge in [0.15, 0.2) is 0 Å². The van der Waals surface area contributed by atoms with E-state index in [9.17, 15) is 4.79 Å². The molecule has 24 heavy (non-hydrogen) atoms. The molecule has 5 atom stereocenters. The highest BCUT2D eigenvalue weighted by Crippen LogP contribution is 2.65. The predicted octanol–water partition coefficient (Wildman–Crippen LogP) is 3.00. The molecule has 3 nitrogen and oxygen atoms in total. The summed E-state index contributed by atoms with van der Waals surface area (Å²) in [7, 11) is 0. The molecule has 1 heterocycles. The van der Waals surface area contributed by atoms with Crippen molar-refractivity contribution in [3.05, 3.63) is 35.9 Å². The monoisotopic (exact) mass is 324 g/mol. The Morgan fingerprint density at radius 1 is 1.08 bits per heavy atom. The first-order valence-electron chi connectivity index (χ1n) is 9.75. The van der Waals surface area contributed by atoms with Crippen LogP contribution >= 0.6 is 0 Å². The van der Waals surface area contributed by atoms with Gasteiger partial charge in [-0.3, -0.25) is 4.79 Å². The number of hydrogen-bond acceptors (Lipinski definition) is 2. The average Bonchev–Trinajstić information content (AvgIpc) is 3.07. The molecule has 3 heteroatoms. The van der Waals surface area contributed by atoms with Crippen LogP contribution < -0.4 is 10.6 Å². The van der Waals surface area contributed by atoms with E-state index in [2.05, 4.69) is 41.0 Å². The molecule has 1 aliphatic heterocycles. The van der Waals surface area contributed by atoms with Gasteiger partial charge in [-0.2, -0.15) is 0 Å². The molecule has 0 spiro atoms. The highest BCUT2D eigenvalue weighted by atomic mass is 16.2. The Kier molecular flexibility index (Phi) is 3.31. The van der Waals surface area contributed by atoms with Crippen LogP contribution in [0.2, 0.25) is 0 Å². The summed E-state index contributed by atoms with van der Waals surface area (Å²) in [5, 5.41) is 6.77. The Hall–Kier alpha value is -1.35. The molecule has 1 aromatic rings. The number of carbonyl (C=O) groups excluding carboxylic acids is 1. The SMILES string of the molecule is O=C(N[C@@H]1CCNC1)C12C[C@H]3C[C@@H](C1)CC(c1ccccc1)(C3)C2. The summed E-state index contributed by atoms with van der Waals surface area (Å²) in [5.74, 6) is 1.86. The molecule has 5 fully saturated rings. The van der Waals surface area contributed by atoms with E-state index < -0.39 is 0 Å². The minimum atomic E-state index is -0.0947. The van der Waals surface area contributed by atoms with Crippen LogP contribution in [0.15, 0.2) is 30.3 Å². The topological polar surface area (TPSA) is 41.1 Å². The van der Waals surface area contributed by atoms with Crippen LogP contribution in [-0.2, 0) is 10.2 Å². The Balaban J connectivity index is 1.46. The van der Waals surface area contributed by atoms with E-state index in [1.54, 1.807) is 0 Å². The number of nitrogens with one attached hydrogen (secondary N) is 2. The molecule has 128 valence electrons. The molecule has 5 aliphatic rings. The maximum Gasteiger partial charge on any atom is 0.226 e. The van der Waals surface area contributed by atoms with Gasteiger partial charge >= 0.3 is 0 Å². The standard InChI is InChI=1S/C21H28N2O/c24-19(23-18-6-7-22-13-18)21-11-15-8-16(12-21)10-20(9-15,14-21)17-4-2-1-3-5-17/h1-5,15-16,18,22H,6-14H2,(H,23,24)/t15-,16+,18-,20?,21?/m1/s1. The molecule has 1 aromatic carbocycles. The fraction of sp³-hybridized carbons (Fsp3) is 0.667. The molecule has 1 amide bonds. The van der Waals surface area contributed by atoms with Crippen molar-refractivity contribution in [3.8, 4) is 0 Å². The second-order valence-corrected chi connectivity index (χ2v) is 9.05. The summed E-state index contributed by atoms with van der Waals surface area (Å²) in [4.78, 5) is 13.3. The van der Waals surface area contributed by atoms with E-state index in [-0.39, 0.29) is 10.8 Å². The van der Waals surface area contributed by atoms with Crippen molar-refractivity contribution in [2.45, 2.75) is 56.4 Å². The van der Waals surface area contributed by atoms with Crippen LogP contribution in [0.3, 0.4) is 0 Å². The van der Waals surface area contributed by atoms with Crippen LogP contribution in [0.25, 0.3) is 0 Å². The van der Waals surface area contributed by atoms with Gasteiger partial charge < -0.3 is 10.6 Å². The Morgan fingerprint density at radius 2 is 1.83 bits per heavy atom. The lowest BCUT2D eigenvalue weighted by Gasteiger charge is -2.61. The van der Waals surface area contributed by atoms with E-state index in [1.165, 1.54) is 24.8 Å². The smallest absolute Gasteiger partial charge is 0.226 e. The highest BCUT2D eigenvalue weighted by Gasteiger charge is 2.61. The summed E-state index contributed by atoms with van der Waals surface area (Å²) >= 11 is 0. The first-order chi connectivity index (χ1) is 11.7. The van der Waals surface area contributed by atoms with Gasteiger partial charge in [0, 0.05) is 12.6 Å². The zero-order chi connectivity index (χ0) is 16.2. The summed E-state index contributed by atoms with van der Waals surface area (Å²) in [5.41, 5.74) is 1.65. The van der Waals surface area contributed by atoms with Gasteiger partial charge in [0.25, 0.3) is 0 Å². The van der Waals surface area contributed by atoms with Crippen molar-refractivity contribution in [3.63, 3.8) is 0 Å². The van der Waals surface area contributed by atoms with Crippen molar-refractivity contribution in [2.75, 3.05) is 13.1 Å². The summed E-state index contributed by atoms with van der Waals surface area (Å²) < 4.78 is 0. The molecule has 2 N–H and O–H groups in total. The van der Waals surface area contributed by atoms with Gasteiger partial charge in [0.05, 0.1) is 5.41 Å². The van der Waals surface area contributed by atoms with Gasteiger partial charge in [-0.15, -0.1) is 0 Å². The maximum absolute atomic E-state index is 13.3. The van der Waals surface area contributed by atoms with Gasteiger partial charge in [0.1, 0.15) is 0 Å². The lowest BCUT2D eigenvalue weighted by atomic mass is 9.42. The van der Waals surface area contributed by atoms with Gasteiger partial charge in [-0.25, -0.2) is 0 Å². The lowest BCUT2D eigenvalue weighted by Crippen LogP contribution is -2.60. The number of hydrogen-bond donors (Lipinski definition) is 2. The summed E-state index contributed by atoms with van der Waals surface area (Å²) in [6.45, 7) is 1.98. The quantitative estimate of drug-likeness (QED) is 0.897. The van der Waals surface area contributed by atoms with E-state index >= 15 is 0 Å². The van der Waals surface area contributed by atoms with E-state index in [4.69, 9.17) is 0 Å². The Morgan fingerprint density at radius 3 is 2.50 bits per heavy atom. The fourth-order valence-corrected chi connectivity index (χ4v) is 6.77. The zero-order valence-corrected chi connectivity index (χ0v) is 14.4. The summed E-state index contributed by atoms with van der Waals surface area (Å²) in [6, 6.07) is 11.4. The third-order valence-electron chi connectivity index (χ3n) is 7.32. The van der Waals surface area contributed by atoms with Gasteiger partial charge in [0.2, 0.25) is 5.91 Å². The third-order valence-corrected chi connectivity index (χ3v) is 7.32. The van der Waals surface area contributed by atoms with E-state index in [1.807, 2.05) is 0 Å². The Bertz CT molecular complexity index is 620. The van der Waals surface area contributed by atoms with Crippen molar-refractivity contribution >= 4 is 5.91 Å². The zero-order valence-electron chi connectivity index (χ0n) is 14.4. The Labute approximate surface area is 144 Å². The van der Waals surface area contributed by atoms with E-state index in [0.717, 1.165) is 50.6 Å². The van der Waals surface area contributed by atoms with Crippen LogP contribution in [0.5, 0.6) is 0 Å². The van der Waals surface area contributed by atoms with Crippen molar-refractivity contribution < 1.29 is 4.79 Å². The molecule has 4 saturated carbocycles. The van der Waals surface area contributed by atoms with Crippen molar-refractivity contribution in [2.24, 2.45) is 17.3 Å². The second-order valence-electron chi connectivity index (χ2n) is 9.05. The normalized spacial score (nSPS) is 43.1. The van der Waals surface area contributed by atoms with Crippen LogP contribution in [0, 0.1) is 17.3 Å². The molecule has 0 radical (unpaired) electrons. The third kappa shape index (κ3) is 2.24. The van der Waals surface area contributed by atoms with Crippen LogP contribution in [0.4, 0.5) is 0 Å². The number of rotatable bonds is 3. The first-order valence-corrected chi connectivity index (χ1v) is 9.75. The molecule has 1 saturated heterocycles. The molecular formula is C21H28N2O. The van der Waals surface area contributed by atoms with Crippen LogP contribution in [-0.4, -0.2) is 25.0 Å². The molecule has 4 aliphatic carbocycles. The van der Waals surface area contributed by atoms with Gasteiger partial charge in [-0.05, 0) is 74.3 Å². The number of amides is 1. The first kappa shape index (κ1) is 14.9. The predicted molar refractivity (Wildman–Crippen MR) is 94.7 cm³/mol. The molecule has 6 rings (SSSR count). The minimum Gasteiger partial charge on any atom is -0.352 e. The lowest BCUT2D eigenvalue weighted by molar-refractivity contribution is -0.149. The fourth-order valence-electron chi connectivity index (χ4n) is 6.77. The summed E-state index contributed by atoms with van der Waals surface area (Å²) in [6.07, 6.45) is 8.37. The number of carbonyl (C=O) groups is 1. The van der Waals surface area contributed by atoms with Crippen molar-refractivity contribution in [1.29, 1.82) is 0 Å². The molecule has 4 bridgehead atoms. The minimum absolute atomic E-state index is 0.0947. The highest BCUT2D eigenvalue weighted by molar-refractivity contribution is 5.84. The molecular weight excluding hydrogens is 296 g/mol. The van der Waals surface area contributed by atoms with Crippen molar-refractivity contribution in [1.82, 2.24) is 10.6 Å².